The topological polar surface area (TPSA) is 69.5 Å². The van der Waals surface area contributed by atoms with E-state index in [0.717, 1.165) is 47.5 Å². The lowest BCUT2D eigenvalue weighted by Crippen LogP contribution is -2.43. The van der Waals surface area contributed by atoms with E-state index in [1.165, 1.54) is 11.3 Å². The number of amides is 1. The fraction of sp³-hybridized carbons (Fsp3) is 0.286. The van der Waals surface area contributed by atoms with Gasteiger partial charge in [0.05, 0.1) is 35.1 Å². The molecular formula is C21H19BrN4O2S. The molecule has 1 aliphatic rings. The molecule has 0 bridgehead atoms. The van der Waals surface area contributed by atoms with Crippen molar-refractivity contribution < 1.29 is 9.53 Å². The molecule has 3 aromatic rings. The van der Waals surface area contributed by atoms with Gasteiger partial charge in [0.1, 0.15) is 0 Å². The lowest BCUT2D eigenvalue weighted by molar-refractivity contribution is 0.0391. The summed E-state index contributed by atoms with van der Waals surface area (Å²) < 4.78 is 7.43. The molecule has 4 rings (SSSR count). The average Bonchev–Trinajstić information content (AvgIpc) is 3.17. The monoisotopic (exact) mass is 470 g/mol. The van der Waals surface area contributed by atoms with Gasteiger partial charge in [-0.1, -0.05) is 27.3 Å². The van der Waals surface area contributed by atoms with Crippen LogP contribution in [0.1, 0.15) is 15.9 Å². The standard InChI is InChI=1S/C21H19BrN4O2S/c22-17-5-6-18-19(13-17)29-21(24-18)26(8-7-25-9-11-28-12-10-25)20(27)16-3-1-15(14-23)2-4-16/h1-6,13H,7-12H2. The van der Waals surface area contributed by atoms with Crippen molar-refractivity contribution in [3.05, 3.63) is 58.1 Å². The summed E-state index contributed by atoms with van der Waals surface area (Å²) >= 11 is 5.00. The van der Waals surface area contributed by atoms with Crippen LogP contribution in [-0.4, -0.2) is 55.2 Å². The number of halogens is 1. The lowest BCUT2D eigenvalue weighted by atomic mass is 10.1. The lowest BCUT2D eigenvalue weighted by Gasteiger charge is -2.29. The van der Waals surface area contributed by atoms with E-state index in [-0.39, 0.29) is 5.91 Å². The highest BCUT2D eigenvalue weighted by atomic mass is 79.9. The molecule has 0 radical (unpaired) electrons. The highest BCUT2D eigenvalue weighted by molar-refractivity contribution is 9.10. The summed E-state index contributed by atoms with van der Waals surface area (Å²) in [6, 6.07) is 14.7. The number of fused-ring (bicyclic) bond motifs is 1. The highest BCUT2D eigenvalue weighted by Gasteiger charge is 2.23. The summed E-state index contributed by atoms with van der Waals surface area (Å²) in [6.45, 7) is 4.47. The van der Waals surface area contributed by atoms with Crippen LogP contribution in [0.3, 0.4) is 0 Å². The van der Waals surface area contributed by atoms with E-state index in [1.807, 2.05) is 18.2 Å². The van der Waals surface area contributed by atoms with Crippen LogP contribution in [0.5, 0.6) is 0 Å². The van der Waals surface area contributed by atoms with Gasteiger partial charge in [-0.15, -0.1) is 0 Å². The number of rotatable bonds is 5. The number of carbonyl (C=O) groups excluding carboxylic acids is 1. The van der Waals surface area contributed by atoms with Gasteiger partial charge >= 0.3 is 0 Å². The second-order valence-electron chi connectivity index (χ2n) is 6.71. The molecule has 29 heavy (non-hydrogen) atoms. The Kier molecular flexibility index (Phi) is 6.21. The zero-order valence-electron chi connectivity index (χ0n) is 15.7. The number of nitriles is 1. The first kappa shape index (κ1) is 20.0. The van der Waals surface area contributed by atoms with Crippen molar-refractivity contribution in [1.29, 1.82) is 5.26 Å². The Bertz CT molecular complexity index is 1050. The molecule has 6 nitrogen and oxygen atoms in total. The van der Waals surface area contributed by atoms with Crippen LogP contribution in [0.4, 0.5) is 5.13 Å². The van der Waals surface area contributed by atoms with Crippen LogP contribution >= 0.6 is 27.3 Å². The minimum atomic E-state index is -0.110. The molecule has 2 aromatic carbocycles. The number of thiazole rings is 1. The van der Waals surface area contributed by atoms with Crippen LogP contribution in [0.15, 0.2) is 46.9 Å². The molecule has 0 aliphatic carbocycles. The Balaban J connectivity index is 1.63. The van der Waals surface area contributed by atoms with Gasteiger partial charge in [-0.25, -0.2) is 4.98 Å². The van der Waals surface area contributed by atoms with Crippen molar-refractivity contribution in [1.82, 2.24) is 9.88 Å². The molecule has 1 aromatic heterocycles. The van der Waals surface area contributed by atoms with Gasteiger partial charge in [-0.2, -0.15) is 5.26 Å². The second kappa shape index (κ2) is 9.01. The molecule has 2 heterocycles. The van der Waals surface area contributed by atoms with Crippen LogP contribution in [-0.2, 0) is 4.74 Å². The third-order valence-corrected chi connectivity index (χ3v) is 6.35. The Labute approximate surface area is 181 Å². The minimum Gasteiger partial charge on any atom is -0.379 e. The van der Waals surface area contributed by atoms with Gasteiger partial charge in [0.15, 0.2) is 5.13 Å². The molecular weight excluding hydrogens is 452 g/mol. The van der Waals surface area contributed by atoms with E-state index >= 15 is 0 Å². The van der Waals surface area contributed by atoms with Crippen molar-refractivity contribution in [3.8, 4) is 6.07 Å². The Morgan fingerprint density at radius 2 is 2.00 bits per heavy atom. The van der Waals surface area contributed by atoms with Gasteiger partial charge in [0, 0.05) is 36.2 Å². The van der Waals surface area contributed by atoms with Gasteiger partial charge in [0.25, 0.3) is 5.91 Å². The van der Waals surface area contributed by atoms with E-state index < -0.39 is 0 Å². The van der Waals surface area contributed by atoms with Crippen LogP contribution in [0.25, 0.3) is 10.2 Å². The number of benzene rings is 2. The van der Waals surface area contributed by atoms with Crippen LogP contribution < -0.4 is 4.90 Å². The third kappa shape index (κ3) is 4.65. The molecule has 0 saturated carbocycles. The van der Waals surface area contributed by atoms with Gasteiger partial charge in [0.2, 0.25) is 0 Å². The number of anilines is 1. The van der Waals surface area contributed by atoms with Crippen molar-refractivity contribution in [2.75, 3.05) is 44.3 Å². The minimum absolute atomic E-state index is 0.110. The quantitative estimate of drug-likeness (QED) is 0.565. The molecule has 8 heteroatoms. The third-order valence-electron chi connectivity index (χ3n) is 4.82. The molecule has 1 saturated heterocycles. The van der Waals surface area contributed by atoms with Crippen molar-refractivity contribution >= 4 is 48.5 Å². The molecule has 148 valence electrons. The molecule has 0 spiro atoms. The summed E-state index contributed by atoms with van der Waals surface area (Å²) in [5.41, 5.74) is 1.95. The molecule has 1 aliphatic heterocycles. The maximum atomic E-state index is 13.3. The number of morpholine rings is 1. The zero-order valence-corrected chi connectivity index (χ0v) is 18.1. The predicted molar refractivity (Wildman–Crippen MR) is 117 cm³/mol. The van der Waals surface area contributed by atoms with Gasteiger partial charge in [-0.05, 0) is 42.5 Å². The maximum Gasteiger partial charge on any atom is 0.260 e. The fourth-order valence-electron chi connectivity index (χ4n) is 3.20. The number of nitrogens with zero attached hydrogens (tertiary/aromatic N) is 4. The number of ether oxygens (including phenoxy) is 1. The van der Waals surface area contributed by atoms with E-state index in [0.29, 0.717) is 22.8 Å². The number of hydrogen-bond acceptors (Lipinski definition) is 6. The van der Waals surface area contributed by atoms with E-state index in [2.05, 4.69) is 26.9 Å². The largest absolute Gasteiger partial charge is 0.379 e. The van der Waals surface area contributed by atoms with Crippen molar-refractivity contribution in [3.63, 3.8) is 0 Å². The SMILES string of the molecule is N#Cc1ccc(C(=O)N(CCN2CCOCC2)c2nc3ccc(Br)cc3s2)cc1. The first-order valence-corrected chi connectivity index (χ1v) is 10.9. The average molecular weight is 471 g/mol. The number of carbonyl (C=O) groups is 1. The summed E-state index contributed by atoms with van der Waals surface area (Å²) in [5, 5.41) is 9.69. The number of aromatic nitrogens is 1. The molecule has 0 atom stereocenters. The number of hydrogen-bond donors (Lipinski definition) is 0. The molecule has 0 unspecified atom stereocenters. The van der Waals surface area contributed by atoms with E-state index in [9.17, 15) is 4.79 Å². The van der Waals surface area contributed by atoms with Gasteiger partial charge < -0.3 is 4.74 Å². The summed E-state index contributed by atoms with van der Waals surface area (Å²) in [4.78, 5) is 22.1. The first-order chi connectivity index (χ1) is 14.1. The smallest absolute Gasteiger partial charge is 0.260 e. The maximum absolute atomic E-state index is 13.3. The molecule has 1 fully saturated rings. The fourth-order valence-corrected chi connectivity index (χ4v) is 4.74. The summed E-state index contributed by atoms with van der Waals surface area (Å²) in [7, 11) is 0. The van der Waals surface area contributed by atoms with Crippen LogP contribution in [0.2, 0.25) is 0 Å². The van der Waals surface area contributed by atoms with Crippen molar-refractivity contribution in [2.24, 2.45) is 0 Å². The Morgan fingerprint density at radius 1 is 1.24 bits per heavy atom. The van der Waals surface area contributed by atoms with E-state index in [4.69, 9.17) is 15.0 Å². The van der Waals surface area contributed by atoms with Crippen molar-refractivity contribution in [2.45, 2.75) is 0 Å². The first-order valence-electron chi connectivity index (χ1n) is 9.32. The second-order valence-corrected chi connectivity index (χ2v) is 8.63. The summed E-state index contributed by atoms with van der Waals surface area (Å²) in [6.07, 6.45) is 0. The van der Waals surface area contributed by atoms with E-state index in [1.54, 1.807) is 29.2 Å². The molecule has 1 amide bonds. The van der Waals surface area contributed by atoms with Crippen LogP contribution in [0, 0.1) is 11.3 Å². The Morgan fingerprint density at radius 3 is 2.72 bits per heavy atom. The van der Waals surface area contributed by atoms with Gasteiger partial charge in [-0.3, -0.25) is 14.6 Å². The zero-order chi connectivity index (χ0) is 20.2. The summed E-state index contributed by atoms with van der Waals surface area (Å²) in [5.74, 6) is -0.110. The predicted octanol–water partition coefficient (Wildman–Crippen LogP) is 3.91. The Hall–Kier alpha value is -2.31. The highest BCUT2D eigenvalue weighted by Crippen LogP contribution is 2.31. The molecule has 0 N–H and O–H groups in total. The normalized spacial score (nSPS) is 14.6.